The van der Waals surface area contributed by atoms with Gasteiger partial charge in [0.15, 0.2) is 0 Å². The zero-order valence-electron chi connectivity index (χ0n) is 30.9. The molecule has 0 aliphatic heterocycles. The molecule has 0 radical (unpaired) electrons. The maximum absolute atomic E-state index is 15.4. The number of carbonyl (C=O) groups excluding carboxylic acids is 2. The van der Waals surface area contributed by atoms with Gasteiger partial charge in [-0.3, -0.25) is 0 Å². The molecule has 3 atom stereocenters. The summed E-state index contributed by atoms with van der Waals surface area (Å²) in [5, 5.41) is 7.60. The summed E-state index contributed by atoms with van der Waals surface area (Å²) in [6, 6.07) is 63.9. The predicted octanol–water partition coefficient (Wildman–Crippen LogP) is 8.02. The van der Waals surface area contributed by atoms with Crippen molar-refractivity contribution in [2.45, 2.75) is 31.0 Å². The first-order valence-corrected chi connectivity index (χ1v) is 22.9. The molecular weight excluding hydrogens is 744 g/mol. The van der Waals surface area contributed by atoms with Gasteiger partial charge in [-0.2, -0.15) is 0 Å². The summed E-state index contributed by atoms with van der Waals surface area (Å²) >= 11 is -0.334. The van der Waals surface area contributed by atoms with Crippen molar-refractivity contribution in [2.75, 3.05) is 12.7 Å². The number of carbonyl (C=O) groups is 2. The van der Waals surface area contributed by atoms with E-state index in [2.05, 4.69) is 147 Å². The molecule has 3 unspecified atom stereocenters. The third-order valence-electron chi connectivity index (χ3n) is 12.0. The van der Waals surface area contributed by atoms with E-state index in [1.165, 1.54) is 15.9 Å². The molecule has 6 aromatic rings. The normalized spacial score (nSPS) is 22.3. The molecule has 1 N–H and O–H groups in total. The van der Waals surface area contributed by atoms with Crippen LogP contribution in [0.3, 0.4) is 0 Å². The van der Waals surface area contributed by atoms with Crippen LogP contribution in [0.2, 0.25) is 4.31 Å². The van der Waals surface area contributed by atoms with Crippen molar-refractivity contribution in [1.29, 1.82) is 0 Å². The Morgan fingerprint density at radius 3 is 1.46 bits per heavy atom. The molecule has 0 heterocycles. The zero-order chi connectivity index (χ0) is 37.2. The number of hydrogen-bond acceptors (Lipinski definition) is 2. The summed E-state index contributed by atoms with van der Waals surface area (Å²) in [6.07, 6.45) is 2.22. The fraction of sp³-hybridized carbons (Fsp3) is 0.184. The Morgan fingerprint density at radius 1 is 0.593 bits per heavy atom. The van der Waals surface area contributed by atoms with E-state index in [9.17, 15) is 0 Å². The van der Waals surface area contributed by atoms with Crippen LogP contribution in [0.5, 0.6) is 0 Å². The third kappa shape index (κ3) is 5.84. The number of benzene rings is 6. The summed E-state index contributed by atoms with van der Waals surface area (Å²) in [7, 11) is -2.47. The maximum atomic E-state index is 15.4. The Hall–Kier alpha value is -4.85. The number of amides is 1. The Morgan fingerprint density at radius 2 is 1.00 bits per heavy atom. The van der Waals surface area contributed by atoms with Crippen LogP contribution in [0.4, 0.5) is 0 Å². The van der Waals surface area contributed by atoms with Gasteiger partial charge < -0.3 is 0 Å². The Kier molecular flexibility index (Phi) is 9.88. The van der Waals surface area contributed by atoms with E-state index in [4.69, 9.17) is 0 Å². The second-order valence-electron chi connectivity index (χ2n) is 15.1. The van der Waals surface area contributed by atoms with Gasteiger partial charge in [0, 0.05) is 0 Å². The van der Waals surface area contributed by atoms with Crippen molar-refractivity contribution in [2.24, 2.45) is 10.8 Å². The molecule has 8 rings (SSSR count). The minimum absolute atomic E-state index is 0.00197. The first-order valence-electron chi connectivity index (χ1n) is 18.9. The van der Waals surface area contributed by atoms with Crippen LogP contribution in [-0.4, -0.2) is 39.4 Å². The van der Waals surface area contributed by atoms with E-state index in [1.807, 2.05) is 54.6 Å². The van der Waals surface area contributed by atoms with Crippen LogP contribution in [0.25, 0.3) is 11.1 Å². The molecule has 6 aromatic carbocycles. The second kappa shape index (κ2) is 14.8. The number of ketones is 1. The number of nitrogens with one attached hydrogen (secondary N) is 1. The first-order chi connectivity index (χ1) is 26.3. The zero-order valence-corrected chi connectivity index (χ0v) is 33.6. The Labute approximate surface area is 326 Å². The van der Waals surface area contributed by atoms with Gasteiger partial charge in [-0.15, -0.1) is 0 Å². The molecular formula is C49H46NO2PSe. The molecule has 2 bridgehead atoms. The van der Waals surface area contributed by atoms with E-state index in [0.29, 0.717) is 13.0 Å². The predicted molar refractivity (Wildman–Crippen MR) is 229 cm³/mol. The van der Waals surface area contributed by atoms with Crippen molar-refractivity contribution >= 4 is 65.4 Å². The fourth-order valence-electron chi connectivity index (χ4n) is 9.62. The molecule has 5 heteroatoms. The number of hydrogen-bond donors (Lipinski definition) is 1. The van der Waals surface area contributed by atoms with Gasteiger partial charge in [-0.05, 0) is 0 Å². The van der Waals surface area contributed by atoms with Crippen molar-refractivity contribution < 1.29 is 9.59 Å². The summed E-state index contributed by atoms with van der Waals surface area (Å²) in [5.74, 6) is 0.155. The van der Waals surface area contributed by atoms with Crippen molar-refractivity contribution in [3.05, 3.63) is 193 Å². The molecule has 0 spiro atoms. The number of allylic oxidation sites excluding steroid dienone is 2. The molecule has 1 saturated carbocycles. The van der Waals surface area contributed by atoms with E-state index in [-0.39, 0.29) is 26.6 Å². The molecule has 270 valence electrons. The van der Waals surface area contributed by atoms with E-state index < -0.39 is 22.4 Å². The van der Waals surface area contributed by atoms with Gasteiger partial charge in [0.05, 0.1) is 0 Å². The van der Waals surface area contributed by atoms with Gasteiger partial charge in [0.25, 0.3) is 0 Å². The monoisotopic (exact) mass is 791 g/mol. The Balaban J connectivity index is 1.19. The summed E-state index contributed by atoms with van der Waals surface area (Å²) < 4.78 is 0.200. The molecule has 2 aliphatic carbocycles. The van der Waals surface area contributed by atoms with Gasteiger partial charge in [0.1, 0.15) is 0 Å². The van der Waals surface area contributed by atoms with Gasteiger partial charge in [0.2, 0.25) is 0 Å². The Bertz CT molecular complexity index is 2190. The van der Waals surface area contributed by atoms with Crippen LogP contribution in [0, 0.1) is 10.8 Å². The van der Waals surface area contributed by atoms with Crippen molar-refractivity contribution in [3.8, 4) is 0 Å². The summed E-state index contributed by atoms with van der Waals surface area (Å²) in [6.45, 7) is 4.71. The van der Waals surface area contributed by atoms with Crippen molar-refractivity contribution in [3.63, 3.8) is 0 Å². The molecule has 0 aromatic heterocycles. The van der Waals surface area contributed by atoms with Gasteiger partial charge >= 0.3 is 328 Å². The van der Waals surface area contributed by atoms with E-state index in [1.54, 1.807) is 0 Å². The van der Waals surface area contributed by atoms with Crippen LogP contribution < -0.4 is 25.7 Å². The first kappa shape index (κ1) is 36.1. The average Bonchev–Trinajstić information content (AvgIpc) is 3.52. The summed E-state index contributed by atoms with van der Waals surface area (Å²) in [4.78, 5) is 30.6. The molecule has 1 fully saturated rings. The van der Waals surface area contributed by atoms with Crippen LogP contribution >= 0.6 is 7.26 Å². The molecule has 2 aliphatic rings. The fourth-order valence-corrected chi connectivity index (χ4v) is 17.9. The summed E-state index contributed by atoms with van der Waals surface area (Å²) in [5.41, 5.74) is 2.31. The SMILES string of the molecule is CC12CC([Se]c3ccccc3)(C(=O)NCCC[PH](c3ccccc3)(c3ccccc3)c3ccccc3)C(C)(C1=O)C(c1ccccc1)=C2c1ccccc1. The molecule has 3 nitrogen and oxygen atoms in total. The average molecular weight is 791 g/mol. The quantitative estimate of drug-likeness (QED) is 0.0777. The van der Waals surface area contributed by atoms with Crippen LogP contribution in [0.1, 0.15) is 37.8 Å². The van der Waals surface area contributed by atoms with Crippen LogP contribution in [-0.2, 0) is 9.59 Å². The van der Waals surface area contributed by atoms with E-state index in [0.717, 1.165) is 39.3 Å². The molecule has 0 saturated heterocycles. The number of Topliss-reactive ketones (excluding diaryl/α,β-unsaturated/α-hetero) is 1. The van der Waals surface area contributed by atoms with Gasteiger partial charge in [-0.25, -0.2) is 0 Å². The minimum atomic E-state index is -2.47. The molecule has 54 heavy (non-hydrogen) atoms. The number of fused-ring (bicyclic) bond motifs is 2. The third-order valence-corrected chi connectivity index (χ3v) is 20.4. The van der Waals surface area contributed by atoms with Crippen LogP contribution in [0.15, 0.2) is 182 Å². The second-order valence-corrected chi connectivity index (χ2v) is 22.0. The molecule has 1 amide bonds. The number of rotatable bonds is 12. The van der Waals surface area contributed by atoms with Gasteiger partial charge in [-0.1, -0.05) is 0 Å². The van der Waals surface area contributed by atoms with E-state index >= 15 is 9.59 Å². The topological polar surface area (TPSA) is 46.2 Å². The standard InChI is InChI=1S/C49H46NO2PSe/c1-47-36-49(54-42-32-19-8-20-33-42,48(2,45(47)51)44(38-24-11-4-12-25-38)43(47)37-22-9-3-10-23-37)46(52)50-34-21-35-53(39-26-13-5-14-27-39,40-28-15-6-16-29-40)41-30-17-7-18-31-41/h3-20,22-33,53H,21,34-36H2,1-2H3,(H,50,52). The van der Waals surface area contributed by atoms with Crippen molar-refractivity contribution in [1.82, 2.24) is 5.32 Å².